The van der Waals surface area contributed by atoms with E-state index in [0.717, 1.165) is 11.3 Å². The highest BCUT2D eigenvalue weighted by Crippen LogP contribution is 2.36. The van der Waals surface area contributed by atoms with Crippen molar-refractivity contribution in [3.63, 3.8) is 0 Å². The normalized spacial score (nSPS) is 14.9. The summed E-state index contributed by atoms with van der Waals surface area (Å²) in [4.78, 5) is 18.1. The van der Waals surface area contributed by atoms with Gasteiger partial charge in [0, 0.05) is 24.4 Å². The van der Waals surface area contributed by atoms with Gasteiger partial charge in [0.25, 0.3) is 5.91 Å². The number of carbonyl (C=O) groups is 1. The van der Waals surface area contributed by atoms with Crippen LogP contribution in [0.5, 0.6) is 11.5 Å². The molecule has 4 rings (SSSR count). The quantitative estimate of drug-likeness (QED) is 0.445. The molecule has 1 atom stereocenters. The Morgan fingerprint density at radius 1 is 1.15 bits per heavy atom. The molecule has 0 fully saturated rings. The molecular formula is C25H29N5O4. The second kappa shape index (κ2) is 10.4. The van der Waals surface area contributed by atoms with Crippen LogP contribution in [0.15, 0.2) is 59.8 Å². The van der Waals surface area contributed by atoms with Crippen LogP contribution in [0, 0.1) is 0 Å². The standard InChI is InChI=1S/C25H29N5O4/c1-4-34-20-11-7-17(8-12-20)23-22(24(32)27-18-9-13-19(33-3)14-10-18)16(2)26-25-28-21(6-5-15-31)29-30(23)25/h7-14,23,31H,4-6,15H2,1-3H3,(H,27,32)(H,26,28,29)/t23-/m0/s1. The summed E-state index contributed by atoms with van der Waals surface area (Å²) < 4.78 is 12.5. The Bertz CT molecular complexity index is 1170. The van der Waals surface area contributed by atoms with Gasteiger partial charge in [-0.05, 0) is 62.2 Å². The topological polar surface area (TPSA) is 111 Å². The van der Waals surface area contributed by atoms with Crippen LogP contribution in [0.3, 0.4) is 0 Å². The third kappa shape index (κ3) is 4.89. The minimum Gasteiger partial charge on any atom is -0.497 e. The Balaban J connectivity index is 1.71. The van der Waals surface area contributed by atoms with Gasteiger partial charge in [0.05, 0.1) is 19.3 Å². The number of hydrogen-bond acceptors (Lipinski definition) is 7. The molecule has 1 aromatic heterocycles. The number of aryl methyl sites for hydroxylation is 1. The molecule has 1 amide bonds. The molecule has 1 aliphatic heterocycles. The average Bonchev–Trinajstić information content (AvgIpc) is 3.25. The fourth-order valence-electron chi connectivity index (χ4n) is 3.93. The summed E-state index contributed by atoms with van der Waals surface area (Å²) in [6.45, 7) is 4.43. The summed E-state index contributed by atoms with van der Waals surface area (Å²) >= 11 is 0. The van der Waals surface area contributed by atoms with Crippen molar-refractivity contribution in [1.29, 1.82) is 0 Å². The Morgan fingerprint density at radius 2 is 1.85 bits per heavy atom. The van der Waals surface area contributed by atoms with Gasteiger partial charge in [-0.15, -0.1) is 0 Å². The molecule has 0 aliphatic carbocycles. The van der Waals surface area contributed by atoms with E-state index < -0.39 is 6.04 Å². The molecule has 3 N–H and O–H groups in total. The molecule has 0 spiro atoms. The predicted molar refractivity (Wildman–Crippen MR) is 129 cm³/mol. The number of amides is 1. The van der Waals surface area contributed by atoms with Crippen LogP contribution in [0.25, 0.3) is 0 Å². The molecule has 0 bridgehead atoms. The molecule has 2 aromatic carbocycles. The number of fused-ring (bicyclic) bond motifs is 1. The number of rotatable bonds is 9. The SMILES string of the molecule is CCOc1ccc([C@H]2C(C(=O)Nc3ccc(OC)cc3)=C(C)Nc3nc(CCCO)nn32)cc1. The van der Waals surface area contributed by atoms with Crippen molar-refractivity contribution in [2.24, 2.45) is 0 Å². The van der Waals surface area contributed by atoms with E-state index in [1.165, 1.54) is 0 Å². The lowest BCUT2D eigenvalue weighted by atomic mass is 9.95. The molecule has 9 nitrogen and oxygen atoms in total. The Kier molecular flexibility index (Phi) is 7.12. The first-order valence-corrected chi connectivity index (χ1v) is 11.3. The third-order valence-electron chi connectivity index (χ3n) is 5.55. The summed E-state index contributed by atoms with van der Waals surface area (Å²) in [5, 5.41) is 20.1. The third-order valence-corrected chi connectivity index (χ3v) is 5.55. The van der Waals surface area contributed by atoms with E-state index >= 15 is 0 Å². The van der Waals surface area contributed by atoms with Gasteiger partial charge in [-0.1, -0.05) is 12.1 Å². The number of anilines is 2. The van der Waals surface area contributed by atoms with Gasteiger partial charge in [0.2, 0.25) is 5.95 Å². The molecule has 0 saturated carbocycles. The van der Waals surface area contributed by atoms with E-state index in [4.69, 9.17) is 9.47 Å². The monoisotopic (exact) mass is 463 g/mol. The van der Waals surface area contributed by atoms with Crippen molar-refractivity contribution < 1.29 is 19.4 Å². The summed E-state index contributed by atoms with van der Waals surface area (Å²) in [6, 6.07) is 14.3. The van der Waals surface area contributed by atoms with E-state index in [2.05, 4.69) is 20.7 Å². The number of allylic oxidation sites excluding steroid dienone is 1. The average molecular weight is 464 g/mol. The fraction of sp³-hybridized carbons (Fsp3) is 0.320. The van der Waals surface area contributed by atoms with Gasteiger partial charge in [-0.2, -0.15) is 10.1 Å². The smallest absolute Gasteiger partial charge is 0.255 e. The Labute approximate surface area is 198 Å². The number of methoxy groups -OCH3 is 1. The van der Waals surface area contributed by atoms with E-state index in [0.29, 0.717) is 53.9 Å². The van der Waals surface area contributed by atoms with Crippen molar-refractivity contribution in [2.45, 2.75) is 32.7 Å². The lowest BCUT2D eigenvalue weighted by Gasteiger charge is -2.28. The van der Waals surface area contributed by atoms with Gasteiger partial charge in [0.15, 0.2) is 5.82 Å². The molecule has 0 radical (unpaired) electrons. The van der Waals surface area contributed by atoms with Crippen molar-refractivity contribution in [3.05, 3.63) is 71.2 Å². The Morgan fingerprint density at radius 3 is 2.50 bits per heavy atom. The molecule has 0 unspecified atom stereocenters. The molecule has 34 heavy (non-hydrogen) atoms. The summed E-state index contributed by atoms with van der Waals surface area (Å²) in [5.41, 5.74) is 2.76. The van der Waals surface area contributed by atoms with E-state index in [1.54, 1.807) is 36.1 Å². The lowest BCUT2D eigenvalue weighted by molar-refractivity contribution is -0.113. The first-order valence-electron chi connectivity index (χ1n) is 11.3. The highest BCUT2D eigenvalue weighted by Gasteiger charge is 2.34. The zero-order valence-electron chi connectivity index (χ0n) is 19.5. The second-order valence-electron chi connectivity index (χ2n) is 7.87. The molecule has 3 aromatic rings. The van der Waals surface area contributed by atoms with Crippen LogP contribution < -0.4 is 20.1 Å². The molecule has 2 heterocycles. The number of aliphatic hydroxyl groups excluding tert-OH is 1. The maximum atomic E-state index is 13.5. The van der Waals surface area contributed by atoms with Crippen LogP contribution in [0.1, 0.15) is 37.7 Å². The highest BCUT2D eigenvalue weighted by molar-refractivity contribution is 6.06. The van der Waals surface area contributed by atoms with Crippen LogP contribution in [0.2, 0.25) is 0 Å². The first kappa shape index (κ1) is 23.3. The minimum absolute atomic E-state index is 0.0619. The second-order valence-corrected chi connectivity index (χ2v) is 7.87. The van der Waals surface area contributed by atoms with Gasteiger partial charge >= 0.3 is 0 Å². The van der Waals surface area contributed by atoms with Crippen molar-refractivity contribution in [2.75, 3.05) is 31.0 Å². The van der Waals surface area contributed by atoms with Crippen LogP contribution in [0.4, 0.5) is 11.6 Å². The van der Waals surface area contributed by atoms with Crippen molar-refractivity contribution in [3.8, 4) is 11.5 Å². The van der Waals surface area contributed by atoms with Crippen molar-refractivity contribution >= 4 is 17.5 Å². The maximum Gasteiger partial charge on any atom is 0.255 e. The number of benzene rings is 2. The first-order chi connectivity index (χ1) is 16.5. The Hall–Kier alpha value is -3.85. The van der Waals surface area contributed by atoms with E-state index in [1.807, 2.05) is 38.1 Å². The zero-order valence-corrected chi connectivity index (χ0v) is 19.5. The number of nitrogens with zero attached hydrogens (tertiary/aromatic N) is 3. The van der Waals surface area contributed by atoms with Crippen molar-refractivity contribution in [1.82, 2.24) is 14.8 Å². The van der Waals surface area contributed by atoms with E-state index in [-0.39, 0.29) is 12.5 Å². The molecule has 9 heteroatoms. The summed E-state index contributed by atoms with van der Waals surface area (Å²) in [5.74, 6) is 2.39. The largest absolute Gasteiger partial charge is 0.497 e. The zero-order chi connectivity index (χ0) is 24.1. The number of hydrogen-bond donors (Lipinski definition) is 3. The van der Waals surface area contributed by atoms with Crippen LogP contribution in [-0.2, 0) is 11.2 Å². The van der Waals surface area contributed by atoms with Gasteiger partial charge in [-0.25, -0.2) is 4.68 Å². The molecule has 1 aliphatic rings. The number of ether oxygens (including phenoxy) is 2. The lowest BCUT2D eigenvalue weighted by Crippen LogP contribution is -2.31. The van der Waals surface area contributed by atoms with Gasteiger partial charge in [-0.3, -0.25) is 4.79 Å². The minimum atomic E-state index is -0.486. The molecular weight excluding hydrogens is 434 g/mol. The number of aliphatic hydroxyl groups is 1. The number of aromatic nitrogens is 3. The van der Waals surface area contributed by atoms with Gasteiger partial charge in [0.1, 0.15) is 17.5 Å². The number of nitrogens with one attached hydrogen (secondary N) is 2. The van der Waals surface area contributed by atoms with Crippen LogP contribution >= 0.6 is 0 Å². The predicted octanol–water partition coefficient (Wildman–Crippen LogP) is 3.54. The summed E-state index contributed by atoms with van der Waals surface area (Å²) in [7, 11) is 1.60. The highest BCUT2D eigenvalue weighted by atomic mass is 16.5. The molecule has 0 saturated heterocycles. The maximum absolute atomic E-state index is 13.5. The fourth-order valence-corrected chi connectivity index (χ4v) is 3.93. The summed E-state index contributed by atoms with van der Waals surface area (Å²) in [6.07, 6.45) is 1.11. The van der Waals surface area contributed by atoms with Gasteiger partial charge < -0.3 is 25.2 Å². The van der Waals surface area contributed by atoms with E-state index in [9.17, 15) is 9.90 Å². The van der Waals surface area contributed by atoms with Crippen LogP contribution in [-0.4, -0.2) is 46.1 Å². The number of carbonyl (C=O) groups excluding carboxylic acids is 1. The molecule has 178 valence electrons.